The molecule has 0 atom stereocenters. The minimum atomic E-state index is -5.19. The van der Waals surface area contributed by atoms with Gasteiger partial charge in [0.2, 0.25) is 0 Å². The highest BCUT2D eigenvalue weighted by Gasteiger charge is 2.44. The Labute approximate surface area is 197 Å². The lowest BCUT2D eigenvalue weighted by atomic mass is 10.3. The van der Waals surface area contributed by atoms with Gasteiger partial charge < -0.3 is 9.90 Å². The molecule has 3 rings (SSSR count). The standard InChI is InChI=1S/C22H23O3PS.C2HF3O2/c23-27(24,25)19-11-10-18-26(20-12-4-1-5-13-20,21-14-6-2-7-15-21)22-16-8-3-9-17-22;3-2(4,5)1(6)7/h1-9,12-17H,10-11,18-19H2;(H,6,7). The molecule has 3 aromatic rings. The number of hydrogen-bond acceptors (Lipinski definition) is 4. The number of hydrogen-bond donors (Lipinski definition) is 1. The number of carboxylic acids is 1. The fraction of sp³-hybridized carbons (Fsp3) is 0.208. The Bertz CT molecular complexity index is 1040. The first-order valence-electron chi connectivity index (χ1n) is 10.2. The SMILES string of the molecule is O=C([O-])C(F)(F)F.O=S(=O)(O)CCCC[P+](c1ccccc1)(c1ccccc1)c1ccccc1. The number of unbranched alkanes of at least 4 members (excludes halogenated alkanes) is 1. The molecule has 0 heterocycles. The van der Waals surface area contributed by atoms with Crippen LogP contribution in [0, 0.1) is 0 Å². The maximum absolute atomic E-state index is 11.1. The minimum absolute atomic E-state index is 0.189. The van der Waals surface area contributed by atoms with E-state index in [-0.39, 0.29) is 5.75 Å². The van der Waals surface area contributed by atoms with Gasteiger partial charge in [-0.3, -0.25) is 4.55 Å². The molecule has 0 fully saturated rings. The van der Waals surface area contributed by atoms with E-state index in [1.54, 1.807) is 0 Å². The summed E-state index contributed by atoms with van der Waals surface area (Å²) in [6, 6.07) is 31.5. The summed E-state index contributed by atoms with van der Waals surface area (Å²) in [7, 11) is -5.84. The zero-order valence-electron chi connectivity index (χ0n) is 18.1. The first kappa shape index (κ1) is 27.5. The summed E-state index contributed by atoms with van der Waals surface area (Å²) in [5.74, 6) is -3.20. The molecule has 1 N–H and O–H groups in total. The van der Waals surface area contributed by atoms with Crippen molar-refractivity contribution in [1.29, 1.82) is 0 Å². The number of rotatable bonds is 8. The van der Waals surface area contributed by atoms with Crippen LogP contribution in [0.1, 0.15) is 12.8 Å². The zero-order valence-corrected chi connectivity index (χ0v) is 19.8. The molecule has 5 nitrogen and oxygen atoms in total. The lowest BCUT2D eigenvalue weighted by Crippen LogP contribution is -2.37. The maximum atomic E-state index is 11.1. The van der Waals surface area contributed by atoms with Crippen molar-refractivity contribution in [2.45, 2.75) is 19.0 Å². The highest BCUT2D eigenvalue weighted by Crippen LogP contribution is 2.55. The first-order chi connectivity index (χ1) is 16.0. The van der Waals surface area contributed by atoms with Crippen LogP contribution in [0.3, 0.4) is 0 Å². The molecule has 0 bridgehead atoms. The Balaban J connectivity index is 0.000000509. The Morgan fingerprint density at radius 3 is 1.35 bits per heavy atom. The van der Waals surface area contributed by atoms with Gasteiger partial charge in [-0.05, 0) is 49.2 Å². The molecule has 3 aromatic carbocycles. The van der Waals surface area contributed by atoms with E-state index < -0.39 is 29.5 Å². The van der Waals surface area contributed by atoms with Crippen molar-refractivity contribution in [2.75, 3.05) is 11.9 Å². The summed E-state index contributed by atoms with van der Waals surface area (Å²) in [6.45, 7) is 0. The van der Waals surface area contributed by atoms with Gasteiger partial charge in [0.1, 0.15) is 29.1 Å². The van der Waals surface area contributed by atoms with E-state index >= 15 is 0 Å². The molecule has 0 radical (unpaired) electrons. The molecular weight excluding hydrogens is 488 g/mol. The van der Waals surface area contributed by atoms with E-state index in [1.807, 2.05) is 18.2 Å². The lowest BCUT2D eigenvalue weighted by Gasteiger charge is -2.27. The third-order valence-electron chi connectivity index (χ3n) is 4.97. The lowest BCUT2D eigenvalue weighted by molar-refractivity contribution is -0.344. The van der Waals surface area contributed by atoms with Crippen LogP contribution in [0.15, 0.2) is 91.0 Å². The van der Waals surface area contributed by atoms with Crippen molar-refractivity contribution >= 4 is 39.3 Å². The molecule has 0 aliphatic carbocycles. The van der Waals surface area contributed by atoms with Crippen LogP contribution < -0.4 is 21.0 Å². The minimum Gasteiger partial charge on any atom is -0.542 e. The summed E-state index contributed by atoms with van der Waals surface area (Å²) in [4.78, 5) is 8.78. The summed E-state index contributed by atoms with van der Waals surface area (Å²) in [6.07, 6.45) is -3.15. The van der Waals surface area contributed by atoms with E-state index in [0.717, 1.165) is 12.6 Å². The average Bonchev–Trinajstić information content (AvgIpc) is 2.80. The largest absolute Gasteiger partial charge is 0.542 e. The molecule has 10 heteroatoms. The average molecular weight is 512 g/mol. The molecule has 0 unspecified atom stereocenters. The quantitative estimate of drug-likeness (QED) is 0.285. The molecular formula is C24H24F3O5PS. The van der Waals surface area contributed by atoms with Crippen LogP contribution in [0.25, 0.3) is 0 Å². The summed E-state index contributed by atoms with van der Waals surface area (Å²) in [5.41, 5.74) is 0. The van der Waals surface area contributed by atoms with Crippen LogP contribution in [-0.4, -0.2) is 37.0 Å². The summed E-state index contributed by atoms with van der Waals surface area (Å²) < 4.78 is 62.9. The topological polar surface area (TPSA) is 94.5 Å². The molecule has 0 aliphatic heterocycles. The van der Waals surface area contributed by atoms with Gasteiger partial charge in [0.15, 0.2) is 0 Å². The number of carbonyl (C=O) groups is 1. The van der Waals surface area contributed by atoms with Crippen molar-refractivity contribution in [3.63, 3.8) is 0 Å². The number of halogens is 3. The van der Waals surface area contributed by atoms with Crippen LogP contribution in [-0.2, 0) is 14.9 Å². The predicted octanol–water partition coefficient (Wildman–Crippen LogP) is 2.95. The zero-order chi connectivity index (χ0) is 25.2. The highest BCUT2D eigenvalue weighted by atomic mass is 32.2. The van der Waals surface area contributed by atoms with Gasteiger partial charge in [0.25, 0.3) is 10.1 Å². The van der Waals surface area contributed by atoms with E-state index in [2.05, 4.69) is 72.8 Å². The van der Waals surface area contributed by atoms with Crippen LogP contribution in [0.5, 0.6) is 0 Å². The van der Waals surface area contributed by atoms with Gasteiger partial charge in [-0.25, -0.2) is 0 Å². The van der Waals surface area contributed by atoms with Crippen LogP contribution >= 0.6 is 7.26 Å². The molecule has 0 aliphatic rings. The van der Waals surface area contributed by atoms with E-state index in [0.29, 0.717) is 6.42 Å². The Morgan fingerprint density at radius 2 is 1.09 bits per heavy atom. The predicted molar refractivity (Wildman–Crippen MR) is 127 cm³/mol. The molecule has 0 spiro atoms. The van der Waals surface area contributed by atoms with Gasteiger partial charge >= 0.3 is 6.18 Å². The molecule has 0 saturated heterocycles. The van der Waals surface area contributed by atoms with Gasteiger partial charge in [0, 0.05) is 0 Å². The summed E-state index contributed by atoms with van der Waals surface area (Å²) in [5, 5.41) is 12.6. The monoisotopic (exact) mass is 512 g/mol. The summed E-state index contributed by atoms with van der Waals surface area (Å²) >= 11 is 0. The third kappa shape index (κ3) is 7.94. The number of carboxylic acid groups (broad SMARTS) is 1. The van der Waals surface area contributed by atoms with Crippen LogP contribution in [0.2, 0.25) is 0 Å². The van der Waals surface area contributed by atoms with Gasteiger partial charge in [-0.15, -0.1) is 0 Å². The molecule has 0 saturated carbocycles. The van der Waals surface area contributed by atoms with Gasteiger partial charge in [0.05, 0.1) is 11.9 Å². The van der Waals surface area contributed by atoms with Crippen molar-refractivity contribution in [2.24, 2.45) is 0 Å². The van der Waals surface area contributed by atoms with Crippen molar-refractivity contribution in [1.82, 2.24) is 0 Å². The Kier molecular flexibility index (Phi) is 9.79. The van der Waals surface area contributed by atoms with E-state index in [1.165, 1.54) is 15.9 Å². The molecule has 0 aromatic heterocycles. The van der Waals surface area contributed by atoms with E-state index in [4.69, 9.17) is 14.5 Å². The number of carbonyl (C=O) groups excluding carboxylic acids is 1. The second-order valence-electron chi connectivity index (χ2n) is 7.32. The van der Waals surface area contributed by atoms with Crippen LogP contribution in [0.4, 0.5) is 13.2 Å². The number of benzene rings is 3. The van der Waals surface area contributed by atoms with Gasteiger partial charge in [-0.1, -0.05) is 54.6 Å². The van der Waals surface area contributed by atoms with Crippen molar-refractivity contribution < 1.29 is 36.0 Å². The number of aliphatic carboxylic acids is 1. The Morgan fingerprint density at radius 1 is 0.765 bits per heavy atom. The maximum Gasteiger partial charge on any atom is 0.430 e. The second kappa shape index (κ2) is 12.1. The van der Waals surface area contributed by atoms with Gasteiger partial charge in [-0.2, -0.15) is 21.6 Å². The third-order valence-corrected chi connectivity index (χ3v) is 10.3. The fourth-order valence-electron chi connectivity index (χ4n) is 3.52. The Hall–Kier alpha value is -2.74. The fourth-order valence-corrected chi connectivity index (χ4v) is 8.49. The molecule has 34 heavy (non-hydrogen) atoms. The second-order valence-corrected chi connectivity index (χ2v) is 12.5. The first-order valence-corrected chi connectivity index (χ1v) is 13.8. The van der Waals surface area contributed by atoms with Crippen molar-refractivity contribution in [3.05, 3.63) is 91.0 Å². The normalized spacial score (nSPS) is 11.9. The van der Waals surface area contributed by atoms with Crippen molar-refractivity contribution in [3.8, 4) is 0 Å². The highest BCUT2D eigenvalue weighted by molar-refractivity contribution is 7.95. The molecule has 0 amide bonds. The number of alkyl halides is 3. The van der Waals surface area contributed by atoms with E-state index in [9.17, 15) is 21.6 Å². The molecule has 182 valence electrons. The smallest absolute Gasteiger partial charge is 0.430 e.